The molecule has 6 heteroatoms. The third kappa shape index (κ3) is 6.23. The van der Waals surface area contributed by atoms with Crippen LogP contribution in [-0.4, -0.2) is 46.5 Å². The molecule has 0 rings (SSSR count). The molecule has 0 saturated heterocycles. The summed E-state index contributed by atoms with van der Waals surface area (Å²) in [5.41, 5.74) is -0.884. The summed E-state index contributed by atoms with van der Waals surface area (Å²) in [4.78, 5) is 21.7. The number of carbonyl (C=O) groups is 2. The lowest BCUT2D eigenvalue weighted by atomic mass is 9.87. The number of aliphatic hydroxyl groups is 2. The molecule has 0 aliphatic heterocycles. The van der Waals surface area contributed by atoms with Gasteiger partial charge in [0.2, 0.25) is 5.91 Å². The maximum Gasteiger partial charge on any atom is 0.303 e. The van der Waals surface area contributed by atoms with Crippen molar-refractivity contribution in [3.05, 3.63) is 0 Å². The van der Waals surface area contributed by atoms with Crippen LogP contribution < -0.4 is 5.32 Å². The van der Waals surface area contributed by atoms with Crippen LogP contribution in [0.5, 0.6) is 0 Å². The maximum absolute atomic E-state index is 11.5. The summed E-state index contributed by atoms with van der Waals surface area (Å²) < 4.78 is 0. The zero-order valence-electron chi connectivity index (χ0n) is 10.3. The molecule has 0 aromatic heterocycles. The number of carboxylic acid groups (broad SMARTS) is 1. The van der Waals surface area contributed by atoms with E-state index in [1.165, 1.54) is 0 Å². The molecule has 0 fully saturated rings. The monoisotopic (exact) mass is 247 g/mol. The number of nitrogens with one attached hydrogen (secondary N) is 1. The minimum Gasteiger partial charge on any atom is -0.481 e. The van der Waals surface area contributed by atoms with Gasteiger partial charge in [0.15, 0.2) is 0 Å². The van der Waals surface area contributed by atoms with E-state index in [1.54, 1.807) is 13.8 Å². The number of carbonyl (C=O) groups excluding carboxylic acids is 1. The zero-order valence-corrected chi connectivity index (χ0v) is 10.3. The summed E-state index contributed by atoms with van der Waals surface area (Å²) in [6.07, 6.45) is -0.174. The molecule has 0 bridgehead atoms. The van der Waals surface area contributed by atoms with Crippen LogP contribution in [0.25, 0.3) is 0 Å². The van der Waals surface area contributed by atoms with Crippen molar-refractivity contribution < 1.29 is 24.9 Å². The highest BCUT2D eigenvalue weighted by Gasteiger charge is 2.32. The van der Waals surface area contributed by atoms with Crippen LogP contribution in [0.1, 0.15) is 33.1 Å². The lowest BCUT2D eigenvalue weighted by Crippen LogP contribution is -2.45. The van der Waals surface area contributed by atoms with Gasteiger partial charge in [0.05, 0.1) is 6.61 Å². The van der Waals surface area contributed by atoms with E-state index in [0.29, 0.717) is 19.4 Å². The molecule has 6 nitrogen and oxygen atoms in total. The van der Waals surface area contributed by atoms with Gasteiger partial charge in [-0.05, 0) is 12.8 Å². The van der Waals surface area contributed by atoms with E-state index in [1.807, 2.05) is 0 Å². The molecule has 0 spiro atoms. The van der Waals surface area contributed by atoms with Gasteiger partial charge in [0.1, 0.15) is 6.10 Å². The molecule has 1 unspecified atom stereocenters. The van der Waals surface area contributed by atoms with Crippen molar-refractivity contribution in [2.24, 2.45) is 5.41 Å². The van der Waals surface area contributed by atoms with Crippen molar-refractivity contribution in [1.82, 2.24) is 5.32 Å². The molecule has 1 atom stereocenters. The average molecular weight is 247 g/mol. The van der Waals surface area contributed by atoms with Gasteiger partial charge in [-0.15, -0.1) is 0 Å². The lowest BCUT2D eigenvalue weighted by molar-refractivity contribution is -0.137. The maximum atomic E-state index is 11.5. The Hall–Kier alpha value is -1.14. The van der Waals surface area contributed by atoms with E-state index in [0.717, 1.165) is 0 Å². The predicted molar refractivity (Wildman–Crippen MR) is 61.4 cm³/mol. The minimum absolute atomic E-state index is 0.0700. The fourth-order valence-corrected chi connectivity index (χ4v) is 1.15. The quantitative estimate of drug-likeness (QED) is 0.442. The Balaban J connectivity index is 3.83. The molecule has 0 aromatic carbocycles. The second-order valence-corrected chi connectivity index (χ2v) is 4.69. The first kappa shape index (κ1) is 15.9. The molecule has 4 N–H and O–H groups in total. The number of aliphatic carboxylic acids is 1. The summed E-state index contributed by atoms with van der Waals surface area (Å²) in [5, 5.41) is 29.5. The lowest BCUT2D eigenvalue weighted by Gasteiger charge is -2.27. The molecule has 0 aliphatic rings. The summed E-state index contributed by atoms with van der Waals surface area (Å²) in [6.45, 7) is 3.20. The normalized spacial score (nSPS) is 13.2. The van der Waals surface area contributed by atoms with Gasteiger partial charge in [-0.1, -0.05) is 13.8 Å². The Morgan fingerprint density at radius 1 is 1.29 bits per heavy atom. The first-order valence-electron chi connectivity index (χ1n) is 5.59. The fraction of sp³-hybridized carbons (Fsp3) is 0.818. The van der Waals surface area contributed by atoms with Gasteiger partial charge in [0, 0.05) is 18.4 Å². The van der Waals surface area contributed by atoms with Crippen LogP contribution in [0.15, 0.2) is 0 Å². The van der Waals surface area contributed by atoms with E-state index in [-0.39, 0.29) is 13.0 Å². The van der Waals surface area contributed by atoms with E-state index < -0.39 is 23.4 Å². The van der Waals surface area contributed by atoms with Crippen LogP contribution in [-0.2, 0) is 9.59 Å². The summed E-state index contributed by atoms with van der Waals surface area (Å²) in [7, 11) is 0. The first-order chi connectivity index (χ1) is 7.81. The minimum atomic E-state index is -1.27. The largest absolute Gasteiger partial charge is 0.481 e. The third-order valence-corrected chi connectivity index (χ3v) is 2.51. The van der Waals surface area contributed by atoms with E-state index in [9.17, 15) is 14.7 Å². The molecule has 0 heterocycles. The Labute approximate surface area is 101 Å². The highest BCUT2D eigenvalue weighted by atomic mass is 16.4. The summed E-state index contributed by atoms with van der Waals surface area (Å²) in [6, 6.07) is 0. The van der Waals surface area contributed by atoms with Gasteiger partial charge >= 0.3 is 5.97 Å². The number of hydrogen-bond acceptors (Lipinski definition) is 4. The Morgan fingerprint density at radius 3 is 2.35 bits per heavy atom. The van der Waals surface area contributed by atoms with Gasteiger partial charge in [-0.2, -0.15) is 0 Å². The van der Waals surface area contributed by atoms with Crippen LogP contribution >= 0.6 is 0 Å². The Morgan fingerprint density at radius 2 is 1.88 bits per heavy atom. The van der Waals surface area contributed by atoms with Crippen molar-refractivity contribution in [2.75, 3.05) is 13.2 Å². The van der Waals surface area contributed by atoms with E-state index >= 15 is 0 Å². The topological polar surface area (TPSA) is 107 Å². The van der Waals surface area contributed by atoms with E-state index in [4.69, 9.17) is 10.2 Å². The van der Waals surface area contributed by atoms with Crippen LogP contribution in [0.2, 0.25) is 0 Å². The van der Waals surface area contributed by atoms with Crippen molar-refractivity contribution in [3.63, 3.8) is 0 Å². The van der Waals surface area contributed by atoms with Crippen molar-refractivity contribution in [1.29, 1.82) is 0 Å². The van der Waals surface area contributed by atoms with Gasteiger partial charge in [-0.3, -0.25) is 9.59 Å². The number of unbranched alkanes of at least 4 members (excludes halogenated alkanes) is 1. The van der Waals surface area contributed by atoms with Crippen molar-refractivity contribution in [2.45, 2.75) is 39.2 Å². The molecule has 1 amide bonds. The average Bonchev–Trinajstić information content (AvgIpc) is 2.26. The van der Waals surface area contributed by atoms with Gasteiger partial charge in [-0.25, -0.2) is 0 Å². The second-order valence-electron chi connectivity index (χ2n) is 4.69. The molecule has 0 radical (unpaired) electrons. The predicted octanol–water partition coefficient (Wildman–Crippen LogP) is -0.263. The molecule has 100 valence electrons. The number of amides is 1. The van der Waals surface area contributed by atoms with Crippen LogP contribution in [0.4, 0.5) is 0 Å². The molecular weight excluding hydrogens is 226 g/mol. The fourth-order valence-electron chi connectivity index (χ4n) is 1.15. The standard InChI is InChI=1S/C11H21NO5/c1-11(2,7-13)9(16)10(17)12-6-4-3-5-8(14)15/h9,13,16H,3-7H2,1-2H3,(H,12,17)(H,14,15). The highest BCUT2D eigenvalue weighted by molar-refractivity contribution is 5.81. The first-order valence-corrected chi connectivity index (χ1v) is 5.59. The summed E-state index contributed by atoms with van der Waals surface area (Å²) in [5.74, 6) is -1.41. The number of hydrogen-bond donors (Lipinski definition) is 4. The molecule has 0 aromatic rings. The number of rotatable bonds is 8. The van der Waals surface area contributed by atoms with E-state index in [2.05, 4.69) is 5.32 Å². The van der Waals surface area contributed by atoms with Gasteiger partial charge < -0.3 is 20.6 Å². The zero-order chi connectivity index (χ0) is 13.5. The Bertz CT molecular complexity index is 265. The Kier molecular flexibility index (Phi) is 6.75. The van der Waals surface area contributed by atoms with Crippen molar-refractivity contribution in [3.8, 4) is 0 Å². The second kappa shape index (κ2) is 7.24. The molecule has 17 heavy (non-hydrogen) atoms. The SMILES string of the molecule is CC(C)(CO)C(O)C(=O)NCCCCC(=O)O. The number of carboxylic acids is 1. The van der Waals surface area contributed by atoms with Gasteiger partial charge in [0.25, 0.3) is 0 Å². The third-order valence-electron chi connectivity index (χ3n) is 2.51. The highest BCUT2D eigenvalue weighted by Crippen LogP contribution is 2.19. The summed E-state index contributed by atoms with van der Waals surface area (Å²) >= 11 is 0. The van der Waals surface area contributed by atoms with Crippen LogP contribution in [0, 0.1) is 5.41 Å². The molecule has 0 saturated carbocycles. The molecular formula is C11H21NO5. The number of aliphatic hydroxyl groups excluding tert-OH is 2. The van der Waals surface area contributed by atoms with Crippen molar-refractivity contribution >= 4 is 11.9 Å². The smallest absolute Gasteiger partial charge is 0.303 e. The molecule has 0 aliphatic carbocycles. The van der Waals surface area contributed by atoms with Crippen LogP contribution in [0.3, 0.4) is 0 Å².